The minimum atomic E-state index is -0.175. The highest BCUT2D eigenvalue weighted by atomic mass is 16.5. The Kier molecular flexibility index (Phi) is 3.81. The van der Waals surface area contributed by atoms with E-state index in [9.17, 15) is 9.59 Å². The van der Waals surface area contributed by atoms with Gasteiger partial charge in [0, 0.05) is 23.6 Å². The Morgan fingerprint density at radius 3 is 2.44 bits per heavy atom. The maximum absolute atomic E-state index is 13.1. The van der Waals surface area contributed by atoms with Gasteiger partial charge in [-0.25, -0.2) is 0 Å². The number of ether oxygens (including phenoxy) is 1. The molecule has 1 heterocycles. The number of amides is 1. The summed E-state index contributed by atoms with van der Waals surface area (Å²) in [5, 5.41) is 4.04. The van der Waals surface area contributed by atoms with E-state index in [1.165, 1.54) is 19.3 Å². The van der Waals surface area contributed by atoms with Crippen molar-refractivity contribution in [1.29, 1.82) is 0 Å². The van der Waals surface area contributed by atoms with Gasteiger partial charge in [-0.05, 0) is 79.9 Å². The second-order valence-corrected chi connectivity index (χ2v) is 8.96. The molecule has 0 radical (unpaired) electrons. The number of nitrogens with one attached hydrogen (secondary N) is 2. The summed E-state index contributed by atoms with van der Waals surface area (Å²) in [6.45, 7) is 0.290. The Labute approximate surface area is 158 Å². The van der Waals surface area contributed by atoms with E-state index < -0.39 is 0 Å². The molecular weight excluding hydrogens is 340 g/mol. The summed E-state index contributed by atoms with van der Waals surface area (Å²) in [7, 11) is 1.60. The molecule has 142 valence electrons. The molecule has 4 saturated carbocycles. The van der Waals surface area contributed by atoms with E-state index in [1.54, 1.807) is 7.11 Å². The van der Waals surface area contributed by atoms with E-state index >= 15 is 0 Å². The Balaban J connectivity index is 1.35. The summed E-state index contributed by atoms with van der Waals surface area (Å²) in [5.74, 6) is 3.08. The standard InChI is InChI=1S/C22H26N2O3/c1-27-18-3-2-16-7-17(20(25)24-19(16)8-18)12-23-21(26)22-9-13-4-14(10-22)6-15(5-13)11-22/h2-3,7-8,13-15H,4-6,9-12H2,1H3,(H,23,26)(H,24,25). The molecule has 4 aliphatic carbocycles. The van der Waals surface area contributed by atoms with Gasteiger partial charge < -0.3 is 15.0 Å². The number of aromatic nitrogens is 1. The maximum atomic E-state index is 13.1. The van der Waals surface area contributed by atoms with Crippen molar-refractivity contribution in [2.45, 2.75) is 45.1 Å². The highest BCUT2D eigenvalue weighted by Crippen LogP contribution is 2.60. The van der Waals surface area contributed by atoms with Gasteiger partial charge in [-0.2, -0.15) is 0 Å². The maximum Gasteiger partial charge on any atom is 0.253 e. The second-order valence-electron chi connectivity index (χ2n) is 8.96. The third-order valence-corrected chi connectivity index (χ3v) is 7.09. The van der Waals surface area contributed by atoms with Crippen LogP contribution in [0.1, 0.15) is 44.1 Å². The summed E-state index contributed by atoms with van der Waals surface area (Å²) in [6, 6.07) is 7.48. The van der Waals surface area contributed by atoms with E-state index in [4.69, 9.17) is 4.74 Å². The summed E-state index contributed by atoms with van der Waals surface area (Å²) < 4.78 is 5.21. The van der Waals surface area contributed by atoms with Crippen LogP contribution in [-0.4, -0.2) is 18.0 Å². The third kappa shape index (κ3) is 2.84. The fourth-order valence-electron chi connectivity index (χ4n) is 6.24. The van der Waals surface area contributed by atoms with Gasteiger partial charge in [0.2, 0.25) is 5.91 Å². The highest BCUT2D eigenvalue weighted by molar-refractivity contribution is 5.84. The number of carbonyl (C=O) groups excluding carboxylic acids is 1. The van der Waals surface area contributed by atoms with Gasteiger partial charge in [-0.3, -0.25) is 9.59 Å². The van der Waals surface area contributed by atoms with Gasteiger partial charge >= 0.3 is 0 Å². The number of hydrogen-bond donors (Lipinski definition) is 2. The van der Waals surface area contributed by atoms with Crippen LogP contribution in [0.3, 0.4) is 0 Å². The van der Waals surface area contributed by atoms with Crippen molar-refractivity contribution in [3.05, 3.63) is 40.2 Å². The lowest BCUT2D eigenvalue weighted by atomic mass is 9.49. The SMILES string of the molecule is COc1ccc2cc(CNC(=O)C34CC5CC(CC(C5)C3)C4)c(=O)[nH]c2c1. The largest absolute Gasteiger partial charge is 0.497 e. The average Bonchev–Trinajstić information content (AvgIpc) is 2.64. The number of pyridine rings is 1. The summed E-state index contributed by atoms with van der Waals surface area (Å²) >= 11 is 0. The Hall–Kier alpha value is -2.30. The fourth-order valence-corrected chi connectivity index (χ4v) is 6.24. The van der Waals surface area contributed by atoms with Crippen LogP contribution in [0.4, 0.5) is 0 Å². The minimum absolute atomic E-state index is 0.151. The second kappa shape index (κ2) is 6.11. The van der Waals surface area contributed by atoms with Crippen LogP contribution in [0.15, 0.2) is 29.1 Å². The van der Waals surface area contributed by atoms with Crippen molar-refractivity contribution >= 4 is 16.8 Å². The van der Waals surface area contributed by atoms with Crippen molar-refractivity contribution in [2.24, 2.45) is 23.2 Å². The quantitative estimate of drug-likeness (QED) is 0.871. The van der Waals surface area contributed by atoms with Gasteiger partial charge in [-0.15, -0.1) is 0 Å². The summed E-state index contributed by atoms with van der Waals surface area (Å²) in [6.07, 6.45) is 7.08. The zero-order valence-electron chi connectivity index (χ0n) is 15.7. The lowest BCUT2D eigenvalue weighted by Crippen LogP contribution is -2.53. The topological polar surface area (TPSA) is 71.2 Å². The average molecular weight is 366 g/mol. The van der Waals surface area contributed by atoms with E-state index in [0.717, 1.165) is 47.9 Å². The molecule has 4 bridgehead atoms. The van der Waals surface area contributed by atoms with Gasteiger partial charge in [0.15, 0.2) is 0 Å². The first-order valence-corrected chi connectivity index (χ1v) is 10.0. The van der Waals surface area contributed by atoms with Crippen LogP contribution in [0.5, 0.6) is 5.75 Å². The molecule has 1 amide bonds. The van der Waals surface area contributed by atoms with Gasteiger partial charge in [0.25, 0.3) is 5.56 Å². The first-order valence-electron chi connectivity index (χ1n) is 10.0. The van der Waals surface area contributed by atoms with Crippen molar-refractivity contribution in [1.82, 2.24) is 10.3 Å². The summed E-state index contributed by atoms with van der Waals surface area (Å²) in [4.78, 5) is 28.4. The molecule has 6 rings (SSSR count). The van der Waals surface area contributed by atoms with Gasteiger partial charge in [0.1, 0.15) is 5.75 Å². The molecular formula is C22H26N2O3. The molecule has 0 aliphatic heterocycles. The molecule has 1 aromatic heterocycles. The molecule has 2 N–H and O–H groups in total. The van der Waals surface area contributed by atoms with Crippen molar-refractivity contribution in [3.8, 4) is 5.75 Å². The van der Waals surface area contributed by atoms with Crippen LogP contribution < -0.4 is 15.6 Å². The Bertz CT molecular complexity index is 926. The molecule has 0 atom stereocenters. The van der Waals surface area contributed by atoms with Gasteiger partial charge in [-0.1, -0.05) is 0 Å². The minimum Gasteiger partial charge on any atom is -0.497 e. The van der Waals surface area contributed by atoms with Crippen LogP contribution in [0.25, 0.3) is 10.9 Å². The van der Waals surface area contributed by atoms with Crippen molar-refractivity contribution < 1.29 is 9.53 Å². The van der Waals surface area contributed by atoms with E-state index in [2.05, 4.69) is 10.3 Å². The lowest BCUT2D eigenvalue weighted by molar-refractivity contribution is -0.146. The molecule has 5 heteroatoms. The molecule has 4 aliphatic rings. The van der Waals surface area contributed by atoms with E-state index in [-0.39, 0.29) is 23.4 Å². The van der Waals surface area contributed by atoms with Crippen molar-refractivity contribution in [3.63, 3.8) is 0 Å². The predicted octanol–water partition coefficient (Wildman–Crippen LogP) is 3.37. The number of fused-ring (bicyclic) bond motifs is 1. The predicted molar refractivity (Wildman–Crippen MR) is 104 cm³/mol. The normalized spacial score (nSPS) is 31.2. The van der Waals surface area contributed by atoms with Crippen LogP contribution in [-0.2, 0) is 11.3 Å². The molecule has 27 heavy (non-hydrogen) atoms. The number of hydrogen-bond acceptors (Lipinski definition) is 3. The monoisotopic (exact) mass is 366 g/mol. The Morgan fingerprint density at radius 1 is 1.15 bits per heavy atom. The first-order chi connectivity index (χ1) is 13.0. The molecule has 0 unspecified atom stereocenters. The van der Waals surface area contributed by atoms with Crippen molar-refractivity contribution in [2.75, 3.05) is 7.11 Å². The molecule has 0 spiro atoms. The van der Waals surface area contributed by atoms with E-state index in [0.29, 0.717) is 11.3 Å². The first kappa shape index (κ1) is 16.8. The lowest BCUT2D eigenvalue weighted by Gasteiger charge is -2.55. The zero-order valence-corrected chi connectivity index (χ0v) is 15.7. The highest BCUT2D eigenvalue weighted by Gasteiger charge is 2.54. The smallest absolute Gasteiger partial charge is 0.253 e. The number of benzene rings is 1. The van der Waals surface area contributed by atoms with Crippen LogP contribution in [0, 0.1) is 23.2 Å². The number of methoxy groups -OCH3 is 1. The zero-order chi connectivity index (χ0) is 18.6. The molecule has 5 nitrogen and oxygen atoms in total. The number of H-pyrrole nitrogens is 1. The number of carbonyl (C=O) groups is 1. The molecule has 2 aromatic rings. The van der Waals surface area contributed by atoms with Crippen LogP contribution in [0.2, 0.25) is 0 Å². The molecule has 0 saturated heterocycles. The molecule has 1 aromatic carbocycles. The number of aromatic amines is 1. The number of rotatable bonds is 4. The molecule has 4 fully saturated rings. The summed E-state index contributed by atoms with van der Waals surface area (Å²) in [5.41, 5.74) is 1.02. The van der Waals surface area contributed by atoms with Crippen LogP contribution >= 0.6 is 0 Å². The van der Waals surface area contributed by atoms with E-state index in [1.807, 2.05) is 24.3 Å². The fraction of sp³-hybridized carbons (Fsp3) is 0.545. The Morgan fingerprint density at radius 2 is 1.81 bits per heavy atom. The third-order valence-electron chi connectivity index (χ3n) is 7.09. The van der Waals surface area contributed by atoms with Gasteiger partial charge in [0.05, 0.1) is 12.6 Å².